The van der Waals surface area contributed by atoms with Gasteiger partial charge in [0.25, 0.3) is 5.91 Å². The number of hydrogen-bond acceptors (Lipinski definition) is 6. The number of rotatable bonds is 7. The molecule has 8 nitrogen and oxygen atoms in total. The Hall–Kier alpha value is -3.92. The second-order valence-electron chi connectivity index (χ2n) is 8.44. The lowest BCUT2D eigenvalue weighted by Crippen LogP contribution is -2.46. The average Bonchev–Trinajstić information content (AvgIpc) is 3.30. The molecule has 1 aliphatic heterocycles. The van der Waals surface area contributed by atoms with Gasteiger partial charge in [0.15, 0.2) is 17.3 Å². The van der Waals surface area contributed by atoms with Crippen LogP contribution in [0.25, 0.3) is 11.0 Å². The molecule has 3 heterocycles. The second kappa shape index (κ2) is 10.1. The van der Waals surface area contributed by atoms with Crippen molar-refractivity contribution in [3.8, 4) is 0 Å². The average molecular weight is 478 g/mol. The first-order valence-electron chi connectivity index (χ1n) is 11.5. The van der Waals surface area contributed by atoms with E-state index in [1.54, 1.807) is 10.9 Å². The van der Waals surface area contributed by atoms with Gasteiger partial charge in [-0.3, -0.25) is 9.69 Å². The highest BCUT2D eigenvalue weighted by atomic mass is 19.2. The summed E-state index contributed by atoms with van der Waals surface area (Å²) in [5, 5.41) is 7.99. The summed E-state index contributed by atoms with van der Waals surface area (Å²) < 4.78 is 28.2. The Morgan fingerprint density at radius 3 is 2.54 bits per heavy atom. The minimum Gasteiger partial charge on any atom is -0.353 e. The minimum atomic E-state index is -1.05. The molecule has 0 bridgehead atoms. The number of halogens is 2. The Balaban J connectivity index is 1.20. The molecule has 0 atom stereocenters. The topological polar surface area (TPSA) is 79.2 Å². The van der Waals surface area contributed by atoms with Crippen LogP contribution in [0, 0.1) is 11.6 Å². The Bertz CT molecular complexity index is 1320. The number of benzene rings is 2. The normalized spacial score (nSPS) is 14.4. The van der Waals surface area contributed by atoms with Gasteiger partial charge in [0.05, 0.1) is 18.1 Å². The van der Waals surface area contributed by atoms with Crippen LogP contribution in [0.3, 0.4) is 0 Å². The van der Waals surface area contributed by atoms with Crippen molar-refractivity contribution in [1.82, 2.24) is 30.0 Å². The van der Waals surface area contributed by atoms with E-state index in [9.17, 15) is 13.6 Å². The quantitative estimate of drug-likeness (QED) is 0.441. The third-order valence-electron chi connectivity index (χ3n) is 6.12. The lowest BCUT2D eigenvalue weighted by molar-refractivity contribution is 0.0951. The van der Waals surface area contributed by atoms with E-state index >= 15 is 0 Å². The van der Waals surface area contributed by atoms with Crippen LogP contribution in [0.4, 0.5) is 14.6 Å². The van der Waals surface area contributed by atoms with E-state index in [-0.39, 0.29) is 12.1 Å². The number of nitrogens with one attached hydrogen (secondary N) is 1. The van der Waals surface area contributed by atoms with Gasteiger partial charge >= 0.3 is 0 Å². The maximum Gasteiger partial charge on any atom is 0.251 e. The molecule has 0 unspecified atom stereocenters. The zero-order valence-electron chi connectivity index (χ0n) is 19.1. The highest BCUT2D eigenvalue weighted by Crippen LogP contribution is 2.24. The molecule has 1 fully saturated rings. The van der Waals surface area contributed by atoms with Gasteiger partial charge in [-0.2, -0.15) is 5.10 Å². The van der Waals surface area contributed by atoms with Crippen molar-refractivity contribution in [3.05, 3.63) is 83.8 Å². The molecule has 1 aliphatic rings. The summed E-state index contributed by atoms with van der Waals surface area (Å²) in [5.41, 5.74) is 2.05. The number of aromatic nitrogens is 4. The molecule has 10 heteroatoms. The van der Waals surface area contributed by atoms with Gasteiger partial charge in [0, 0.05) is 44.8 Å². The lowest BCUT2D eigenvalue weighted by atomic mass is 10.2. The van der Waals surface area contributed by atoms with Gasteiger partial charge in [0.1, 0.15) is 12.1 Å². The number of anilines is 1. The van der Waals surface area contributed by atoms with Crippen LogP contribution in [-0.4, -0.2) is 63.3 Å². The van der Waals surface area contributed by atoms with Crippen LogP contribution >= 0.6 is 0 Å². The van der Waals surface area contributed by atoms with Crippen molar-refractivity contribution in [2.45, 2.75) is 13.1 Å². The Labute approximate surface area is 201 Å². The first-order valence-corrected chi connectivity index (χ1v) is 11.5. The van der Waals surface area contributed by atoms with Crippen molar-refractivity contribution in [2.24, 2.45) is 0 Å². The number of piperazine rings is 1. The van der Waals surface area contributed by atoms with E-state index in [1.165, 1.54) is 18.0 Å². The summed E-state index contributed by atoms with van der Waals surface area (Å²) in [6.45, 7) is 5.15. The molecular formula is C25H25F2N7O. The van der Waals surface area contributed by atoms with E-state index in [0.717, 1.165) is 56.1 Å². The summed E-state index contributed by atoms with van der Waals surface area (Å²) in [5.74, 6) is -1.67. The molecule has 2 aromatic heterocycles. The molecule has 0 radical (unpaired) electrons. The van der Waals surface area contributed by atoms with Crippen molar-refractivity contribution in [1.29, 1.82) is 0 Å². The highest BCUT2D eigenvalue weighted by molar-refractivity contribution is 5.94. The summed E-state index contributed by atoms with van der Waals surface area (Å²) in [6.07, 6.45) is 3.28. The van der Waals surface area contributed by atoms with Crippen LogP contribution in [0.1, 0.15) is 15.9 Å². The number of nitrogens with zero attached hydrogens (tertiary/aromatic N) is 6. The number of hydrogen-bond donors (Lipinski definition) is 1. The van der Waals surface area contributed by atoms with E-state index in [1.807, 2.05) is 6.07 Å². The van der Waals surface area contributed by atoms with Gasteiger partial charge in [-0.1, -0.05) is 30.3 Å². The van der Waals surface area contributed by atoms with E-state index < -0.39 is 17.5 Å². The maximum atomic E-state index is 13.4. The first kappa shape index (κ1) is 22.9. The molecular weight excluding hydrogens is 452 g/mol. The smallest absolute Gasteiger partial charge is 0.251 e. The molecule has 180 valence electrons. The Morgan fingerprint density at radius 2 is 1.77 bits per heavy atom. The van der Waals surface area contributed by atoms with E-state index in [4.69, 9.17) is 0 Å². The first-order chi connectivity index (χ1) is 17.1. The van der Waals surface area contributed by atoms with Crippen LogP contribution in [-0.2, 0) is 13.1 Å². The van der Waals surface area contributed by atoms with Crippen molar-refractivity contribution < 1.29 is 13.6 Å². The number of amides is 1. The molecule has 0 spiro atoms. The Morgan fingerprint density at radius 1 is 0.971 bits per heavy atom. The fourth-order valence-corrected chi connectivity index (χ4v) is 4.27. The minimum absolute atomic E-state index is 0.0604. The fourth-order valence-electron chi connectivity index (χ4n) is 4.27. The Kier molecular flexibility index (Phi) is 6.62. The monoisotopic (exact) mass is 477 g/mol. The van der Waals surface area contributed by atoms with Gasteiger partial charge in [0.2, 0.25) is 0 Å². The number of carbonyl (C=O) groups is 1. The molecule has 35 heavy (non-hydrogen) atoms. The molecule has 0 saturated carbocycles. The van der Waals surface area contributed by atoms with E-state index in [0.29, 0.717) is 12.2 Å². The number of fused-ring (bicyclic) bond motifs is 1. The zero-order chi connectivity index (χ0) is 24.2. The number of carbonyl (C=O) groups excluding carboxylic acids is 1. The van der Waals surface area contributed by atoms with Gasteiger partial charge in [-0.05, 0) is 23.8 Å². The van der Waals surface area contributed by atoms with Crippen molar-refractivity contribution in [2.75, 3.05) is 37.6 Å². The highest BCUT2D eigenvalue weighted by Gasteiger charge is 2.21. The fraction of sp³-hybridized carbons (Fsp3) is 0.280. The molecule has 1 N–H and O–H groups in total. The SMILES string of the molecule is O=C(NCCn1ncc2c(N3CCN(Cc4ccccc4)CC3)ncnc21)c1ccc(F)c(F)c1. The third-order valence-corrected chi connectivity index (χ3v) is 6.12. The molecule has 5 rings (SSSR count). The van der Waals surface area contributed by atoms with Gasteiger partial charge in [-0.25, -0.2) is 23.4 Å². The van der Waals surface area contributed by atoms with Crippen LogP contribution in [0.15, 0.2) is 61.1 Å². The second-order valence-corrected chi connectivity index (χ2v) is 8.44. The molecule has 2 aromatic carbocycles. The predicted octanol–water partition coefficient (Wildman–Crippen LogP) is 2.86. The molecule has 0 aliphatic carbocycles. The van der Waals surface area contributed by atoms with Crippen LogP contribution < -0.4 is 10.2 Å². The summed E-state index contributed by atoms with van der Waals surface area (Å²) in [6, 6.07) is 13.5. The van der Waals surface area contributed by atoms with Gasteiger partial charge in [-0.15, -0.1) is 0 Å². The standard InChI is InChI=1S/C25H25F2N7O/c26-21-7-6-19(14-22(21)27)25(35)28-8-9-34-24-20(15-31-34)23(29-17-30-24)33-12-10-32(11-13-33)16-18-4-2-1-3-5-18/h1-7,14-15,17H,8-13,16H2,(H,28,35). The molecule has 1 amide bonds. The van der Waals surface area contributed by atoms with Crippen LogP contribution in [0.2, 0.25) is 0 Å². The van der Waals surface area contributed by atoms with Crippen molar-refractivity contribution >= 4 is 22.8 Å². The molecule has 1 saturated heterocycles. The van der Waals surface area contributed by atoms with Gasteiger partial charge < -0.3 is 10.2 Å². The zero-order valence-corrected chi connectivity index (χ0v) is 19.1. The maximum absolute atomic E-state index is 13.4. The largest absolute Gasteiger partial charge is 0.353 e. The predicted molar refractivity (Wildman–Crippen MR) is 128 cm³/mol. The summed E-state index contributed by atoms with van der Waals surface area (Å²) in [4.78, 5) is 25.8. The third kappa shape index (κ3) is 5.12. The molecule has 4 aromatic rings. The lowest BCUT2D eigenvalue weighted by Gasteiger charge is -2.35. The van der Waals surface area contributed by atoms with Crippen molar-refractivity contribution in [3.63, 3.8) is 0 Å². The van der Waals surface area contributed by atoms with Crippen LogP contribution in [0.5, 0.6) is 0 Å². The summed E-state index contributed by atoms with van der Waals surface area (Å²) in [7, 11) is 0. The van der Waals surface area contributed by atoms with E-state index in [2.05, 4.69) is 54.4 Å². The summed E-state index contributed by atoms with van der Waals surface area (Å²) >= 11 is 0.